The topological polar surface area (TPSA) is 169 Å². The number of ketones is 2. The number of carboxylic acids is 2. The molecule has 0 bridgehead atoms. The van der Waals surface area contributed by atoms with Crippen molar-refractivity contribution in [1.82, 2.24) is 0 Å². The fourth-order valence-corrected chi connectivity index (χ4v) is 5.23. The fourth-order valence-electron chi connectivity index (χ4n) is 4.18. The molecule has 0 aliphatic carbocycles. The molecule has 0 heterocycles. The summed E-state index contributed by atoms with van der Waals surface area (Å²) in [5.74, 6) is -7.76. The Morgan fingerprint density at radius 2 is 0.972 bits per heavy atom. The van der Waals surface area contributed by atoms with Gasteiger partial charge in [0.15, 0.2) is 22.2 Å². The summed E-state index contributed by atoms with van der Waals surface area (Å²) in [5, 5.41) is 20.4. The number of aliphatic carboxylic acids is 2. The third kappa shape index (κ3) is 13.8. The van der Waals surface area contributed by atoms with Gasteiger partial charge in [-0.3, -0.25) is 14.1 Å². The number of hydrogen-bond acceptors (Lipinski definition) is 8. The predicted molar refractivity (Wildman–Crippen MR) is 123 cm³/mol. The zero-order valence-corrected chi connectivity index (χ0v) is 27.3. The van der Waals surface area contributed by atoms with Gasteiger partial charge in [0.25, 0.3) is 10.1 Å². The van der Waals surface area contributed by atoms with E-state index in [0.717, 1.165) is 64.2 Å². The van der Waals surface area contributed by atoms with Crippen LogP contribution in [0.5, 0.6) is 0 Å². The van der Waals surface area contributed by atoms with Crippen LogP contribution in [0.4, 0.5) is 0 Å². The van der Waals surface area contributed by atoms with E-state index in [-0.39, 0.29) is 72.0 Å². The van der Waals surface area contributed by atoms with Gasteiger partial charge in [-0.1, -0.05) is 90.9 Å². The van der Waals surface area contributed by atoms with Crippen molar-refractivity contribution in [1.29, 1.82) is 0 Å². The van der Waals surface area contributed by atoms with E-state index in [9.17, 15) is 42.4 Å². The molecule has 0 spiro atoms. The van der Waals surface area contributed by atoms with Crippen LogP contribution in [0.1, 0.15) is 117 Å². The van der Waals surface area contributed by atoms with Crippen LogP contribution in [0, 0.1) is 5.41 Å². The van der Waals surface area contributed by atoms with Gasteiger partial charge in [0.2, 0.25) is 0 Å². The van der Waals surface area contributed by atoms with Crippen LogP contribution in [-0.2, 0) is 29.3 Å². The molecule has 0 fully saturated rings. The van der Waals surface area contributed by atoms with E-state index in [0.29, 0.717) is 12.8 Å². The molecule has 0 saturated carbocycles. The molecule has 0 amide bonds. The van der Waals surface area contributed by atoms with Crippen molar-refractivity contribution in [2.45, 2.75) is 122 Å². The molecule has 0 aromatic heterocycles. The zero-order chi connectivity index (χ0) is 26.2. The van der Waals surface area contributed by atoms with Gasteiger partial charge in [-0.2, -0.15) is 8.42 Å². The van der Waals surface area contributed by atoms with Gasteiger partial charge in [-0.25, -0.2) is 0 Å². The molecule has 0 saturated heterocycles. The molecule has 1 N–H and O–H groups in total. The minimum atomic E-state index is -5.67. The van der Waals surface area contributed by atoms with Crippen molar-refractivity contribution in [3.8, 4) is 0 Å². The number of unbranched alkanes of at least 4 members (excludes halogenated alkanes) is 12. The average Bonchev–Trinajstić information content (AvgIpc) is 2.74. The summed E-state index contributed by atoms with van der Waals surface area (Å²) in [6.45, 7) is 4.12. The third-order valence-electron chi connectivity index (χ3n) is 6.12. The molecule has 0 aromatic rings. The standard InChI is InChI=1S/C24H42O9S.2Na/c1-3-5-7-9-11-13-15-17-19(25)24(23(29)30,21(22(27)28)34(31,32)33)20(26)18-16-14-12-10-8-6-4-2;;/h21H,3-18H2,1-2H3,(H,27,28)(H,29,30)(H,31,32,33);;/q;2*+1/p-2. The summed E-state index contributed by atoms with van der Waals surface area (Å²) in [5.41, 5.74) is -3.54. The maximum absolute atomic E-state index is 13.0. The number of carbonyl (C=O) groups excluding carboxylic acids is 4. The minimum absolute atomic E-state index is 0. The van der Waals surface area contributed by atoms with Crippen LogP contribution < -0.4 is 69.3 Å². The Kier molecular flexibility index (Phi) is 24.9. The van der Waals surface area contributed by atoms with Gasteiger partial charge in [0.1, 0.15) is 0 Å². The molecular weight excluding hydrogens is 510 g/mol. The van der Waals surface area contributed by atoms with Crippen LogP contribution in [0.25, 0.3) is 0 Å². The number of carbonyl (C=O) groups is 4. The first-order valence-electron chi connectivity index (χ1n) is 12.4. The summed E-state index contributed by atoms with van der Waals surface area (Å²) in [4.78, 5) is 49.7. The van der Waals surface area contributed by atoms with Gasteiger partial charge in [0, 0.05) is 12.8 Å². The first kappa shape index (κ1) is 40.7. The molecule has 1 atom stereocenters. The van der Waals surface area contributed by atoms with Crippen molar-refractivity contribution in [3.63, 3.8) is 0 Å². The molecule has 198 valence electrons. The summed E-state index contributed by atoms with van der Waals surface area (Å²) in [6.07, 6.45) is 9.80. The average molecular weight is 551 g/mol. The van der Waals surface area contributed by atoms with Crippen LogP contribution in [-0.4, -0.2) is 41.7 Å². The Bertz CT molecular complexity index is 740. The van der Waals surface area contributed by atoms with Crippen molar-refractivity contribution in [3.05, 3.63) is 0 Å². The SMILES string of the molecule is CCCCCCCCCC(=O)C(C(=O)[O-])(C(=O)CCCCCCCCC)C(C(=O)[O-])S(=O)(=O)O.[Na+].[Na+]. The van der Waals surface area contributed by atoms with Gasteiger partial charge in [-0.15, -0.1) is 0 Å². The van der Waals surface area contributed by atoms with Crippen molar-refractivity contribution >= 4 is 33.6 Å². The Labute approximate surface area is 260 Å². The van der Waals surface area contributed by atoms with Gasteiger partial charge >= 0.3 is 59.1 Å². The normalized spacial score (nSPS) is 12.2. The first-order chi connectivity index (χ1) is 16.0. The second kappa shape index (κ2) is 22.1. The molecule has 0 rings (SSSR count). The molecule has 0 radical (unpaired) electrons. The molecular formula is C24H40Na2O9S. The Balaban J connectivity index is -0.00000544. The molecule has 12 heteroatoms. The maximum atomic E-state index is 13.0. The largest absolute Gasteiger partial charge is 1.00 e. The van der Waals surface area contributed by atoms with E-state index in [2.05, 4.69) is 13.8 Å². The van der Waals surface area contributed by atoms with Gasteiger partial charge < -0.3 is 19.8 Å². The number of Topliss-reactive ketones (excluding diaryl/α,β-unsaturated/α-hetero) is 2. The number of carboxylic acid groups (broad SMARTS) is 2. The summed E-state index contributed by atoms with van der Waals surface area (Å²) in [7, 11) is -5.67. The smallest absolute Gasteiger partial charge is 0.549 e. The van der Waals surface area contributed by atoms with Crippen LogP contribution >= 0.6 is 0 Å². The van der Waals surface area contributed by atoms with Crippen molar-refractivity contribution < 1.29 is 101 Å². The van der Waals surface area contributed by atoms with Crippen LogP contribution in [0.3, 0.4) is 0 Å². The van der Waals surface area contributed by atoms with E-state index < -0.39 is 57.1 Å². The van der Waals surface area contributed by atoms with Gasteiger partial charge in [-0.05, 0) is 12.8 Å². The maximum Gasteiger partial charge on any atom is 1.00 e. The molecule has 0 aliphatic rings. The Morgan fingerprint density at radius 3 is 1.22 bits per heavy atom. The Morgan fingerprint density at radius 1 is 0.667 bits per heavy atom. The molecule has 36 heavy (non-hydrogen) atoms. The third-order valence-corrected chi connectivity index (χ3v) is 7.26. The first-order valence-corrected chi connectivity index (χ1v) is 13.9. The minimum Gasteiger partial charge on any atom is -0.549 e. The summed E-state index contributed by atoms with van der Waals surface area (Å²) < 4.78 is 33.1. The number of rotatable bonds is 22. The van der Waals surface area contributed by atoms with Crippen molar-refractivity contribution in [2.75, 3.05) is 0 Å². The van der Waals surface area contributed by atoms with E-state index >= 15 is 0 Å². The summed E-state index contributed by atoms with van der Waals surface area (Å²) in [6, 6.07) is 0. The molecule has 9 nitrogen and oxygen atoms in total. The second-order valence-electron chi connectivity index (χ2n) is 8.90. The summed E-state index contributed by atoms with van der Waals surface area (Å²) >= 11 is 0. The van der Waals surface area contributed by atoms with E-state index in [4.69, 9.17) is 0 Å². The fraction of sp³-hybridized carbons (Fsp3) is 0.833. The second-order valence-corrected chi connectivity index (χ2v) is 10.4. The zero-order valence-electron chi connectivity index (χ0n) is 22.5. The molecule has 0 aromatic carbocycles. The predicted octanol–water partition coefficient (Wildman–Crippen LogP) is -3.84. The number of hydrogen-bond donors (Lipinski definition) is 1. The van der Waals surface area contributed by atoms with Crippen molar-refractivity contribution in [2.24, 2.45) is 5.41 Å². The Hall–Kier alpha value is 0.190. The van der Waals surface area contributed by atoms with E-state index in [1.165, 1.54) is 0 Å². The molecule has 1 unspecified atom stereocenters. The van der Waals surface area contributed by atoms with Crippen LogP contribution in [0.2, 0.25) is 0 Å². The quantitative estimate of drug-likeness (QED) is 0.0614. The van der Waals surface area contributed by atoms with E-state index in [1.54, 1.807) is 0 Å². The van der Waals surface area contributed by atoms with Gasteiger partial charge in [0.05, 0.1) is 11.9 Å². The van der Waals surface area contributed by atoms with E-state index in [1.807, 2.05) is 0 Å². The monoisotopic (exact) mass is 550 g/mol. The molecule has 0 aliphatic heterocycles. The van der Waals surface area contributed by atoms with Crippen LogP contribution in [0.15, 0.2) is 0 Å².